The van der Waals surface area contributed by atoms with E-state index in [1.807, 2.05) is 13.8 Å². The van der Waals surface area contributed by atoms with Gasteiger partial charge in [-0.05, 0) is 60.3 Å². The fraction of sp³-hybridized carbons (Fsp3) is 0.500. The number of ether oxygens (including phenoxy) is 1. The Morgan fingerprint density at radius 2 is 1.61 bits per heavy atom. The zero-order chi connectivity index (χ0) is 21.9. The normalized spacial score (nSPS) is 32.2. The van der Waals surface area contributed by atoms with E-state index in [1.54, 1.807) is 24.3 Å². The Kier molecular flexibility index (Phi) is 4.72. The summed E-state index contributed by atoms with van der Waals surface area (Å²) in [6.45, 7) is 3.98. The highest BCUT2D eigenvalue weighted by atomic mass is 16.5. The second kappa shape index (κ2) is 7.32. The van der Waals surface area contributed by atoms with E-state index in [-0.39, 0.29) is 47.9 Å². The minimum atomic E-state index is -0.430. The van der Waals surface area contributed by atoms with Crippen molar-refractivity contribution in [2.24, 2.45) is 41.4 Å². The molecule has 0 radical (unpaired) electrons. The Balaban J connectivity index is 1.20. The van der Waals surface area contributed by atoms with Crippen LogP contribution in [-0.4, -0.2) is 41.7 Å². The molecule has 0 aromatic heterocycles. The van der Waals surface area contributed by atoms with Crippen LogP contribution in [0.3, 0.4) is 0 Å². The largest absolute Gasteiger partial charge is 0.462 e. The number of carbonyl (C=O) groups is 4. The molecule has 2 saturated carbocycles. The van der Waals surface area contributed by atoms with E-state index in [0.29, 0.717) is 29.7 Å². The highest BCUT2D eigenvalue weighted by molar-refractivity contribution is 6.09. The molecular formula is C24H26N2O5. The molecule has 1 aliphatic heterocycles. The van der Waals surface area contributed by atoms with Gasteiger partial charge >= 0.3 is 5.97 Å². The minimum Gasteiger partial charge on any atom is -0.462 e. The molecular weight excluding hydrogens is 396 g/mol. The smallest absolute Gasteiger partial charge is 0.338 e. The van der Waals surface area contributed by atoms with Crippen LogP contribution in [0.2, 0.25) is 0 Å². The molecule has 1 N–H and O–H groups in total. The van der Waals surface area contributed by atoms with Crippen molar-refractivity contribution in [1.29, 1.82) is 0 Å². The van der Waals surface area contributed by atoms with Crippen LogP contribution in [0.5, 0.6) is 0 Å². The lowest BCUT2D eigenvalue weighted by atomic mass is 9.63. The van der Waals surface area contributed by atoms with Crippen molar-refractivity contribution < 1.29 is 23.9 Å². The number of allylic oxidation sites excluding steroid dienone is 2. The van der Waals surface area contributed by atoms with Crippen LogP contribution in [0, 0.1) is 41.4 Å². The number of esters is 1. The summed E-state index contributed by atoms with van der Waals surface area (Å²) in [6.07, 6.45) is 5.34. The highest BCUT2D eigenvalue weighted by Gasteiger charge is 2.67. The van der Waals surface area contributed by atoms with E-state index >= 15 is 0 Å². The summed E-state index contributed by atoms with van der Waals surface area (Å²) in [5.41, 5.74) is 0.888. The van der Waals surface area contributed by atoms with E-state index in [2.05, 4.69) is 17.5 Å². The van der Waals surface area contributed by atoms with Gasteiger partial charge in [0.1, 0.15) is 6.54 Å². The third kappa shape index (κ3) is 3.36. The quantitative estimate of drug-likeness (QED) is 0.432. The summed E-state index contributed by atoms with van der Waals surface area (Å²) in [7, 11) is 0. The van der Waals surface area contributed by atoms with Crippen LogP contribution in [0.25, 0.3) is 0 Å². The van der Waals surface area contributed by atoms with E-state index < -0.39 is 11.9 Å². The van der Waals surface area contributed by atoms with Crippen molar-refractivity contribution in [3.63, 3.8) is 0 Å². The number of imide groups is 1. The number of anilines is 1. The lowest BCUT2D eigenvalue weighted by Crippen LogP contribution is -2.40. The average molecular weight is 422 g/mol. The highest BCUT2D eigenvalue weighted by Crippen LogP contribution is 2.65. The predicted octanol–water partition coefficient (Wildman–Crippen LogP) is 2.49. The first-order valence-electron chi connectivity index (χ1n) is 11.0. The Labute approximate surface area is 180 Å². The summed E-state index contributed by atoms with van der Waals surface area (Å²) in [6, 6.07) is 6.37. The van der Waals surface area contributed by atoms with Gasteiger partial charge in [-0.15, -0.1) is 0 Å². The summed E-state index contributed by atoms with van der Waals surface area (Å²) in [4.78, 5) is 51.6. The Hall–Kier alpha value is -2.96. The lowest BCUT2D eigenvalue weighted by Gasteiger charge is -2.37. The standard InChI is InChI=1S/C24H26N2O5/c1-12(2)11-31-24(30)13-3-5-14(6-4-13)25-19(27)10-26-22(28)20-15-7-8-16(18-9-17(15)18)21(20)23(26)29/h3-8,12,15-18,20-21H,9-11H2,1-2H3,(H,25,27)/t15-,16-,17-,18+,20+,21+/m0/s1. The molecule has 6 rings (SSSR count). The molecule has 2 bridgehead atoms. The van der Waals surface area contributed by atoms with Crippen molar-refractivity contribution >= 4 is 29.4 Å². The lowest BCUT2D eigenvalue weighted by molar-refractivity contribution is -0.142. The number of carbonyl (C=O) groups excluding carboxylic acids is 4. The van der Waals surface area contributed by atoms with Gasteiger partial charge in [-0.1, -0.05) is 26.0 Å². The van der Waals surface area contributed by atoms with Crippen molar-refractivity contribution in [2.45, 2.75) is 20.3 Å². The number of benzene rings is 1. The molecule has 4 aliphatic carbocycles. The van der Waals surface area contributed by atoms with E-state index in [1.165, 1.54) is 0 Å². The SMILES string of the molecule is CC(C)COC(=O)c1ccc(NC(=O)CN2C(=O)[C@@H]3[C@H]4C=C[C@@H]([C@@H]5C[C@H]45)[C@H]3C2=O)cc1. The van der Waals surface area contributed by atoms with Gasteiger partial charge in [0.15, 0.2) is 0 Å². The monoisotopic (exact) mass is 422 g/mol. The second-order valence-corrected chi connectivity index (χ2v) is 9.54. The zero-order valence-electron chi connectivity index (χ0n) is 17.6. The second-order valence-electron chi connectivity index (χ2n) is 9.54. The number of nitrogens with zero attached hydrogens (tertiary/aromatic N) is 1. The molecule has 6 atom stereocenters. The van der Waals surface area contributed by atoms with Gasteiger partial charge in [-0.3, -0.25) is 19.3 Å². The van der Waals surface area contributed by atoms with Crippen LogP contribution in [0.15, 0.2) is 36.4 Å². The van der Waals surface area contributed by atoms with Gasteiger partial charge in [0.25, 0.3) is 0 Å². The van der Waals surface area contributed by atoms with E-state index in [0.717, 1.165) is 11.3 Å². The topological polar surface area (TPSA) is 92.8 Å². The van der Waals surface area contributed by atoms with Crippen molar-refractivity contribution in [3.05, 3.63) is 42.0 Å². The van der Waals surface area contributed by atoms with Crippen LogP contribution >= 0.6 is 0 Å². The molecule has 0 spiro atoms. The number of hydrogen-bond donors (Lipinski definition) is 1. The van der Waals surface area contributed by atoms with E-state index in [4.69, 9.17) is 4.74 Å². The molecule has 3 amide bonds. The van der Waals surface area contributed by atoms with Gasteiger partial charge in [-0.2, -0.15) is 0 Å². The first-order valence-corrected chi connectivity index (χ1v) is 11.0. The van der Waals surface area contributed by atoms with Crippen molar-refractivity contribution in [3.8, 4) is 0 Å². The maximum Gasteiger partial charge on any atom is 0.338 e. The summed E-state index contributed by atoms with van der Waals surface area (Å²) < 4.78 is 5.19. The van der Waals surface area contributed by atoms with Gasteiger partial charge in [0, 0.05) is 5.69 Å². The van der Waals surface area contributed by atoms with E-state index in [9.17, 15) is 19.2 Å². The Morgan fingerprint density at radius 3 is 2.16 bits per heavy atom. The van der Waals surface area contributed by atoms with Crippen molar-refractivity contribution in [2.75, 3.05) is 18.5 Å². The Morgan fingerprint density at radius 1 is 1.03 bits per heavy atom. The first-order chi connectivity index (χ1) is 14.8. The van der Waals surface area contributed by atoms with Gasteiger partial charge < -0.3 is 10.1 Å². The number of hydrogen-bond acceptors (Lipinski definition) is 5. The van der Waals surface area contributed by atoms with Crippen LogP contribution in [0.1, 0.15) is 30.6 Å². The molecule has 5 aliphatic rings. The third-order valence-electron chi connectivity index (χ3n) is 7.01. The maximum atomic E-state index is 13.0. The molecule has 1 aromatic rings. The fourth-order valence-electron chi connectivity index (χ4n) is 5.53. The molecule has 3 fully saturated rings. The molecule has 1 saturated heterocycles. The van der Waals surface area contributed by atoms with Crippen LogP contribution in [-0.2, 0) is 19.1 Å². The summed E-state index contributed by atoms with van der Waals surface area (Å²) in [5.74, 6) is -0.245. The molecule has 1 heterocycles. The van der Waals surface area contributed by atoms with Crippen molar-refractivity contribution in [1.82, 2.24) is 4.90 Å². The zero-order valence-corrected chi connectivity index (χ0v) is 17.6. The predicted molar refractivity (Wildman–Crippen MR) is 112 cm³/mol. The maximum absolute atomic E-state index is 13.0. The number of likely N-dealkylation sites (tertiary alicyclic amines) is 1. The van der Waals surface area contributed by atoms with Gasteiger partial charge in [0.2, 0.25) is 17.7 Å². The summed E-state index contributed by atoms with van der Waals surface area (Å²) in [5, 5.41) is 2.71. The van der Waals surface area contributed by atoms with Crippen LogP contribution < -0.4 is 5.32 Å². The molecule has 31 heavy (non-hydrogen) atoms. The third-order valence-corrected chi connectivity index (χ3v) is 7.01. The molecule has 7 heteroatoms. The van der Waals surface area contributed by atoms with Gasteiger partial charge in [-0.25, -0.2) is 4.79 Å². The average Bonchev–Trinajstić information content (AvgIpc) is 3.53. The number of amides is 3. The molecule has 1 aromatic carbocycles. The number of nitrogens with one attached hydrogen (secondary N) is 1. The fourth-order valence-corrected chi connectivity index (χ4v) is 5.53. The molecule has 0 unspecified atom stereocenters. The van der Waals surface area contributed by atoms with Gasteiger partial charge in [0.05, 0.1) is 24.0 Å². The van der Waals surface area contributed by atoms with Crippen LogP contribution in [0.4, 0.5) is 5.69 Å². The summed E-state index contributed by atoms with van der Waals surface area (Å²) >= 11 is 0. The number of rotatable bonds is 6. The molecule has 7 nitrogen and oxygen atoms in total. The molecule has 162 valence electrons. The minimum absolute atomic E-state index is 0.146. The first kappa shape index (κ1) is 20.0. The Bertz CT molecular complexity index is 946.